The molecule has 6 unspecified atom stereocenters. The van der Waals surface area contributed by atoms with Gasteiger partial charge in [-0.2, -0.15) is 0 Å². The van der Waals surface area contributed by atoms with Crippen molar-refractivity contribution in [2.45, 2.75) is 302 Å². The van der Waals surface area contributed by atoms with Gasteiger partial charge >= 0.3 is 23.9 Å². The second-order valence-electron chi connectivity index (χ2n) is 21.7. The summed E-state index contributed by atoms with van der Waals surface area (Å²) in [5, 5.41) is 31.6. The first-order valence-corrected chi connectivity index (χ1v) is 32.2. The summed E-state index contributed by atoms with van der Waals surface area (Å²) in [6.45, 7) is 5.83. The van der Waals surface area contributed by atoms with Crippen LogP contribution in [0.4, 0.5) is 0 Å². The molecule has 0 aliphatic carbocycles. The van der Waals surface area contributed by atoms with E-state index in [1.54, 1.807) is 0 Å². The third-order valence-corrected chi connectivity index (χ3v) is 14.1. The van der Waals surface area contributed by atoms with Gasteiger partial charge in [0.1, 0.15) is 18.8 Å². The zero-order valence-corrected chi connectivity index (χ0v) is 51.0. The van der Waals surface area contributed by atoms with E-state index in [0.29, 0.717) is 25.7 Å². The number of unbranched alkanes of at least 4 members (excludes halogenated alkanes) is 24. The lowest BCUT2D eigenvalue weighted by molar-refractivity contribution is -0.301. The van der Waals surface area contributed by atoms with Crippen molar-refractivity contribution < 1.29 is 58.2 Å². The number of carbonyl (C=O) groups excluding carboxylic acids is 3. The van der Waals surface area contributed by atoms with Crippen LogP contribution in [0, 0.1) is 0 Å². The minimum Gasteiger partial charge on any atom is -0.479 e. The fourth-order valence-electron chi connectivity index (χ4n) is 9.19. The number of hydrogen-bond donors (Lipinski definition) is 3. The standard InChI is InChI=1S/C69H114O12/c1-4-7-10-13-16-19-22-25-28-30-31-33-35-37-40-43-46-49-52-55-61(70)77-58-60(79-62(71)56-53-50-47-44-41-38-34-27-24-21-18-15-12-9-6-3)59-78-69-67(65(74)64(73)66(81-69)68(75)76)80-63(72)57-54-51-48-45-42-39-36-32-29-26-23-20-17-14-11-8-5-2/h8,11,17-18,20-21,25-29,34,36,39,45,48,60,64-67,69,73-74H,4-7,9-10,12-16,19,22-24,30-33,35,37-38,40-44,46-47,49-59H2,1-3H3,(H,75,76)/b11-8-,20-17-,21-18-,28-25-,29-26-,34-27-,39-36-,48-45-. The molecule has 0 amide bonds. The van der Waals surface area contributed by atoms with Crippen LogP contribution in [0.5, 0.6) is 0 Å². The second-order valence-corrected chi connectivity index (χ2v) is 21.7. The number of esters is 3. The first kappa shape index (κ1) is 74.7. The zero-order chi connectivity index (χ0) is 58.9. The van der Waals surface area contributed by atoms with Gasteiger partial charge in [-0.15, -0.1) is 0 Å². The number of aliphatic carboxylic acids is 1. The minimum absolute atomic E-state index is 0.0231. The number of carboxylic acid groups (broad SMARTS) is 1. The summed E-state index contributed by atoms with van der Waals surface area (Å²) in [4.78, 5) is 51.3. The largest absolute Gasteiger partial charge is 0.479 e. The third kappa shape index (κ3) is 45.8. The molecule has 0 saturated carbocycles. The predicted molar refractivity (Wildman–Crippen MR) is 331 cm³/mol. The maximum atomic E-state index is 13.2. The van der Waals surface area contributed by atoms with E-state index in [4.69, 9.17) is 23.7 Å². The molecule has 1 saturated heterocycles. The van der Waals surface area contributed by atoms with Crippen molar-refractivity contribution in [3.05, 3.63) is 97.2 Å². The highest BCUT2D eigenvalue weighted by molar-refractivity contribution is 5.74. The smallest absolute Gasteiger partial charge is 0.335 e. The van der Waals surface area contributed by atoms with Crippen LogP contribution in [0.2, 0.25) is 0 Å². The van der Waals surface area contributed by atoms with E-state index in [1.807, 2.05) is 12.2 Å². The first-order chi connectivity index (χ1) is 39.6. The van der Waals surface area contributed by atoms with Crippen LogP contribution in [-0.2, 0) is 42.9 Å². The molecule has 462 valence electrons. The van der Waals surface area contributed by atoms with E-state index in [0.717, 1.165) is 96.3 Å². The molecule has 0 spiro atoms. The monoisotopic (exact) mass is 1130 g/mol. The average Bonchev–Trinajstić information content (AvgIpc) is 3.53. The number of rotatable bonds is 54. The number of aliphatic hydroxyl groups excluding tert-OH is 2. The minimum atomic E-state index is -1.93. The Morgan fingerprint density at radius 3 is 1.26 bits per heavy atom. The Balaban J connectivity index is 2.70. The van der Waals surface area contributed by atoms with Gasteiger partial charge in [0.05, 0.1) is 6.61 Å². The van der Waals surface area contributed by atoms with Gasteiger partial charge in [0.25, 0.3) is 0 Å². The molecule has 81 heavy (non-hydrogen) atoms. The van der Waals surface area contributed by atoms with Crippen molar-refractivity contribution >= 4 is 23.9 Å². The second kappa shape index (κ2) is 56.1. The van der Waals surface area contributed by atoms with Crippen LogP contribution in [0.1, 0.15) is 265 Å². The summed E-state index contributed by atoms with van der Waals surface area (Å²) in [5.41, 5.74) is 0. The Bertz CT molecular complexity index is 1780. The van der Waals surface area contributed by atoms with Crippen molar-refractivity contribution in [3.63, 3.8) is 0 Å². The number of aliphatic hydroxyl groups is 2. The van der Waals surface area contributed by atoms with Gasteiger partial charge in [-0.1, -0.05) is 227 Å². The fraction of sp³-hybridized carbons (Fsp3) is 0.710. The molecule has 0 bridgehead atoms. The highest BCUT2D eigenvalue weighted by Crippen LogP contribution is 2.26. The molecule has 0 aromatic carbocycles. The summed E-state index contributed by atoms with van der Waals surface area (Å²) >= 11 is 0. The lowest BCUT2D eigenvalue weighted by Gasteiger charge is -2.40. The van der Waals surface area contributed by atoms with Gasteiger partial charge in [-0.25, -0.2) is 4.79 Å². The number of ether oxygens (including phenoxy) is 5. The van der Waals surface area contributed by atoms with E-state index in [-0.39, 0.29) is 25.9 Å². The summed E-state index contributed by atoms with van der Waals surface area (Å²) in [6.07, 6.45) is 62.3. The molecule has 3 N–H and O–H groups in total. The van der Waals surface area contributed by atoms with Gasteiger partial charge in [0.15, 0.2) is 24.6 Å². The molecule has 1 fully saturated rings. The summed E-state index contributed by atoms with van der Waals surface area (Å²) in [7, 11) is 0. The van der Waals surface area contributed by atoms with Gasteiger partial charge in [0.2, 0.25) is 0 Å². The first-order valence-electron chi connectivity index (χ1n) is 32.2. The Labute approximate surface area is 492 Å². The van der Waals surface area contributed by atoms with Crippen LogP contribution in [0.3, 0.4) is 0 Å². The quantitative estimate of drug-likeness (QED) is 0.0228. The van der Waals surface area contributed by atoms with Crippen LogP contribution >= 0.6 is 0 Å². The van der Waals surface area contributed by atoms with Gasteiger partial charge in [-0.05, 0) is 116 Å². The number of carbonyl (C=O) groups is 4. The molecule has 1 aliphatic heterocycles. The van der Waals surface area contributed by atoms with Crippen LogP contribution in [-0.4, -0.2) is 89.2 Å². The van der Waals surface area contributed by atoms with Crippen molar-refractivity contribution in [1.29, 1.82) is 0 Å². The number of allylic oxidation sites excluding steroid dienone is 16. The van der Waals surface area contributed by atoms with Gasteiger partial charge < -0.3 is 39.0 Å². The van der Waals surface area contributed by atoms with E-state index in [9.17, 15) is 34.5 Å². The summed E-state index contributed by atoms with van der Waals surface area (Å²) in [5.74, 6) is -3.22. The molecule has 6 atom stereocenters. The molecule has 12 nitrogen and oxygen atoms in total. The molecular formula is C69H114O12. The molecule has 12 heteroatoms. The number of hydrogen-bond acceptors (Lipinski definition) is 11. The van der Waals surface area contributed by atoms with Crippen molar-refractivity contribution in [1.82, 2.24) is 0 Å². The summed E-state index contributed by atoms with van der Waals surface area (Å²) < 4.78 is 28.4. The molecule has 0 aromatic heterocycles. The molecular weight excluding hydrogens is 1020 g/mol. The Morgan fingerprint density at radius 2 is 0.790 bits per heavy atom. The topological polar surface area (TPSA) is 175 Å². The van der Waals surface area contributed by atoms with Crippen LogP contribution in [0.25, 0.3) is 0 Å². The highest BCUT2D eigenvalue weighted by atomic mass is 16.7. The SMILES string of the molecule is CC/C=C\C/C=C\C/C=C\C/C=C\C/C=C\CCCC(=O)OC1C(OCC(COC(=O)CCCCCCCCCCC/C=C\CCCCCCCC)OC(=O)CCCCCCC/C=C\C/C=C\CCCCC)OC(C(=O)O)C(O)C1O. The molecule has 0 radical (unpaired) electrons. The highest BCUT2D eigenvalue weighted by Gasteiger charge is 2.50. The van der Waals surface area contributed by atoms with Crippen molar-refractivity contribution in [3.8, 4) is 0 Å². The van der Waals surface area contributed by atoms with Crippen LogP contribution < -0.4 is 0 Å². The Morgan fingerprint density at radius 1 is 0.420 bits per heavy atom. The molecule has 1 rings (SSSR count). The molecule has 1 aliphatic rings. The van der Waals surface area contributed by atoms with E-state index < -0.39 is 67.3 Å². The maximum absolute atomic E-state index is 13.2. The Hall–Kier alpha value is -4.36. The average molecular weight is 1140 g/mol. The Kier molecular flexibility index (Phi) is 51.7. The van der Waals surface area contributed by atoms with E-state index >= 15 is 0 Å². The van der Waals surface area contributed by atoms with Crippen molar-refractivity contribution in [2.24, 2.45) is 0 Å². The van der Waals surface area contributed by atoms with Crippen LogP contribution in [0.15, 0.2) is 97.2 Å². The van der Waals surface area contributed by atoms with Gasteiger partial charge in [0, 0.05) is 19.3 Å². The van der Waals surface area contributed by atoms with Crippen molar-refractivity contribution in [2.75, 3.05) is 13.2 Å². The lowest BCUT2D eigenvalue weighted by atomic mass is 9.98. The number of carboxylic acids is 1. The van der Waals surface area contributed by atoms with E-state index in [1.165, 1.54) is 103 Å². The van der Waals surface area contributed by atoms with Gasteiger partial charge in [-0.3, -0.25) is 14.4 Å². The zero-order valence-electron chi connectivity index (χ0n) is 51.0. The van der Waals surface area contributed by atoms with E-state index in [2.05, 4.69) is 106 Å². The fourth-order valence-corrected chi connectivity index (χ4v) is 9.19. The summed E-state index contributed by atoms with van der Waals surface area (Å²) in [6, 6.07) is 0. The predicted octanol–water partition coefficient (Wildman–Crippen LogP) is 17.2. The lowest BCUT2D eigenvalue weighted by Crippen LogP contribution is -2.61. The maximum Gasteiger partial charge on any atom is 0.335 e. The third-order valence-electron chi connectivity index (χ3n) is 14.1. The molecule has 1 heterocycles. The normalized spacial score (nSPS) is 18.4. The molecule has 0 aromatic rings.